The molecule has 0 aliphatic rings. The lowest BCUT2D eigenvalue weighted by molar-refractivity contribution is 0.199. The molecular weight excluding hydrogens is 228 g/mol. The molecule has 1 aromatic rings. The minimum Gasteiger partial charge on any atom is -0.446 e. The summed E-state index contributed by atoms with van der Waals surface area (Å²) in [4.78, 5) is 4.32. The van der Waals surface area contributed by atoms with Crippen molar-refractivity contribution in [1.82, 2.24) is 10.3 Å². The monoisotopic (exact) mass is 254 g/mol. The Balaban J connectivity index is 2.19. The van der Waals surface area contributed by atoms with Crippen molar-refractivity contribution in [3.63, 3.8) is 0 Å². The van der Waals surface area contributed by atoms with E-state index in [1.54, 1.807) is 7.11 Å². The van der Waals surface area contributed by atoms with E-state index in [0.29, 0.717) is 0 Å². The number of hydrogen-bond donors (Lipinski definition) is 1. The van der Waals surface area contributed by atoms with Gasteiger partial charge in [-0.3, -0.25) is 0 Å². The van der Waals surface area contributed by atoms with Gasteiger partial charge in [0.1, 0.15) is 5.76 Å². The molecule has 0 unspecified atom stereocenters. The molecule has 4 heteroatoms. The van der Waals surface area contributed by atoms with Gasteiger partial charge in [-0.2, -0.15) is 0 Å². The van der Waals surface area contributed by atoms with Gasteiger partial charge in [0.15, 0.2) is 5.89 Å². The van der Waals surface area contributed by atoms with E-state index < -0.39 is 0 Å². The summed E-state index contributed by atoms with van der Waals surface area (Å²) in [6, 6.07) is 0. The SMILES string of the molecule is COCCNCCCc1ncc(CC(C)(C)C)o1. The third-order valence-corrected chi connectivity index (χ3v) is 2.53. The third kappa shape index (κ3) is 6.77. The van der Waals surface area contributed by atoms with Gasteiger partial charge in [0.2, 0.25) is 0 Å². The summed E-state index contributed by atoms with van der Waals surface area (Å²) in [6.07, 6.45) is 4.73. The first kappa shape index (κ1) is 15.2. The highest BCUT2D eigenvalue weighted by Crippen LogP contribution is 2.21. The molecule has 0 radical (unpaired) electrons. The van der Waals surface area contributed by atoms with E-state index in [9.17, 15) is 0 Å². The lowest BCUT2D eigenvalue weighted by Crippen LogP contribution is -2.20. The van der Waals surface area contributed by atoms with Crippen LogP contribution in [0.3, 0.4) is 0 Å². The van der Waals surface area contributed by atoms with Gasteiger partial charge in [-0.15, -0.1) is 0 Å². The Kier molecular flexibility index (Phi) is 6.36. The molecule has 0 atom stereocenters. The number of nitrogens with zero attached hydrogens (tertiary/aromatic N) is 1. The highest BCUT2D eigenvalue weighted by atomic mass is 16.5. The second kappa shape index (κ2) is 7.54. The number of rotatable bonds is 8. The maximum atomic E-state index is 5.72. The van der Waals surface area contributed by atoms with Crippen LogP contribution in [0.25, 0.3) is 0 Å². The Morgan fingerprint density at radius 3 is 2.78 bits per heavy atom. The number of methoxy groups -OCH3 is 1. The fourth-order valence-corrected chi connectivity index (χ4v) is 1.73. The Morgan fingerprint density at radius 1 is 1.33 bits per heavy atom. The fraction of sp³-hybridized carbons (Fsp3) is 0.786. The van der Waals surface area contributed by atoms with Crippen molar-refractivity contribution in [2.24, 2.45) is 5.41 Å². The van der Waals surface area contributed by atoms with Crippen LogP contribution in [0.2, 0.25) is 0 Å². The van der Waals surface area contributed by atoms with Crippen molar-refractivity contribution >= 4 is 0 Å². The van der Waals surface area contributed by atoms with Gasteiger partial charge < -0.3 is 14.5 Å². The first-order valence-electron chi connectivity index (χ1n) is 6.64. The summed E-state index contributed by atoms with van der Waals surface area (Å²) in [7, 11) is 1.71. The van der Waals surface area contributed by atoms with Gasteiger partial charge in [0.05, 0.1) is 12.8 Å². The van der Waals surface area contributed by atoms with Crippen molar-refractivity contribution in [2.45, 2.75) is 40.0 Å². The molecule has 1 aromatic heterocycles. The van der Waals surface area contributed by atoms with E-state index in [1.807, 2.05) is 6.20 Å². The quantitative estimate of drug-likeness (QED) is 0.724. The summed E-state index contributed by atoms with van der Waals surface area (Å²) in [5.41, 5.74) is 0.249. The minimum atomic E-state index is 0.249. The van der Waals surface area contributed by atoms with Crippen LogP contribution in [-0.2, 0) is 17.6 Å². The zero-order valence-corrected chi connectivity index (χ0v) is 12.1. The molecule has 0 saturated heterocycles. The first-order valence-corrected chi connectivity index (χ1v) is 6.64. The standard InChI is InChI=1S/C14H26N2O2/c1-14(2,3)10-12-11-16-13(18-12)6-5-7-15-8-9-17-4/h11,15H,5-10H2,1-4H3. The van der Waals surface area contributed by atoms with Crippen molar-refractivity contribution in [1.29, 1.82) is 0 Å². The van der Waals surface area contributed by atoms with E-state index >= 15 is 0 Å². The molecule has 0 amide bonds. The zero-order chi connectivity index (χ0) is 13.4. The Labute approximate surface area is 110 Å². The predicted molar refractivity (Wildman–Crippen MR) is 72.7 cm³/mol. The van der Waals surface area contributed by atoms with Crippen molar-refractivity contribution in [3.8, 4) is 0 Å². The summed E-state index contributed by atoms with van der Waals surface area (Å²) < 4.78 is 10.7. The van der Waals surface area contributed by atoms with E-state index in [0.717, 1.165) is 50.6 Å². The molecule has 0 aliphatic carbocycles. The number of aryl methyl sites for hydroxylation is 1. The van der Waals surface area contributed by atoms with E-state index in [1.165, 1.54) is 0 Å². The molecule has 0 aromatic carbocycles. The van der Waals surface area contributed by atoms with Crippen molar-refractivity contribution in [2.75, 3.05) is 26.8 Å². The minimum absolute atomic E-state index is 0.249. The Bertz CT molecular complexity index is 329. The number of hydrogen-bond acceptors (Lipinski definition) is 4. The van der Waals surface area contributed by atoms with E-state index in [4.69, 9.17) is 9.15 Å². The maximum Gasteiger partial charge on any atom is 0.194 e. The molecule has 1 N–H and O–H groups in total. The van der Waals surface area contributed by atoms with Gasteiger partial charge in [0, 0.05) is 26.5 Å². The van der Waals surface area contributed by atoms with Crippen LogP contribution in [0.4, 0.5) is 0 Å². The molecule has 0 spiro atoms. The maximum absolute atomic E-state index is 5.72. The summed E-state index contributed by atoms with van der Waals surface area (Å²) >= 11 is 0. The van der Waals surface area contributed by atoms with Crippen molar-refractivity contribution < 1.29 is 9.15 Å². The van der Waals surface area contributed by atoms with Crippen LogP contribution in [0.15, 0.2) is 10.6 Å². The topological polar surface area (TPSA) is 47.3 Å². The molecule has 18 heavy (non-hydrogen) atoms. The van der Waals surface area contributed by atoms with Gasteiger partial charge in [0.25, 0.3) is 0 Å². The highest BCUT2D eigenvalue weighted by molar-refractivity contribution is 4.97. The third-order valence-electron chi connectivity index (χ3n) is 2.53. The predicted octanol–water partition coefficient (Wildman–Crippen LogP) is 2.43. The zero-order valence-electron chi connectivity index (χ0n) is 12.1. The molecule has 0 aliphatic heterocycles. The Hall–Kier alpha value is -0.870. The largest absolute Gasteiger partial charge is 0.446 e. The second-order valence-corrected chi connectivity index (χ2v) is 5.80. The van der Waals surface area contributed by atoms with Crippen molar-refractivity contribution in [3.05, 3.63) is 17.8 Å². The summed E-state index contributed by atoms with van der Waals surface area (Å²) in [5.74, 6) is 1.84. The average Bonchev–Trinajstić information content (AvgIpc) is 2.68. The van der Waals surface area contributed by atoms with E-state index in [-0.39, 0.29) is 5.41 Å². The molecule has 0 bridgehead atoms. The van der Waals surface area contributed by atoms with Crippen LogP contribution in [0, 0.1) is 5.41 Å². The van der Waals surface area contributed by atoms with Crippen LogP contribution in [0.5, 0.6) is 0 Å². The molecule has 104 valence electrons. The average molecular weight is 254 g/mol. The fourth-order valence-electron chi connectivity index (χ4n) is 1.73. The lowest BCUT2D eigenvalue weighted by Gasteiger charge is -2.15. The molecule has 0 saturated carbocycles. The number of ether oxygens (including phenoxy) is 1. The number of oxazole rings is 1. The van der Waals surface area contributed by atoms with E-state index in [2.05, 4.69) is 31.1 Å². The molecule has 4 nitrogen and oxygen atoms in total. The van der Waals surface area contributed by atoms with Gasteiger partial charge in [-0.05, 0) is 18.4 Å². The van der Waals surface area contributed by atoms with Crippen LogP contribution < -0.4 is 5.32 Å². The highest BCUT2D eigenvalue weighted by Gasteiger charge is 2.14. The van der Waals surface area contributed by atoms with Crippen LogP contribution in [0.1, 0.15) is 38.8 Å². The second-order valence-electron chi connectivity index (χ2n) is 5.80. The molecule has 1 heterocycles. The molecular formula is C14H26N2O2. The Morgan fingerprint density at radius 2 is 2.11 bits per heavy atom. The number of nitrogens with one attached hydrogen (secondary N) is 1. The summed E-state index contributed by atoms with van der Waals surface area (Å²) in [6.45, 7) is 9.24. The number of aromatic nitrogens is 1. The van der Waals surface area contributed by atoms with Crippen LogP contribution >= 0.6 is 0 Å². The molecule has 0 fully saturated rings. The van der Waals surface area contributed by atoms with Gasteiger partial charge in [-0.1, -0.05) is 20.8 Å². The van der Waals surface area contributed by atoms with Gasteiger partial charge >= 0.3 is 0 Å². The first-order chi connectivity index (χ1) is 8.51. The lowest BCUT2D eigenvalue weighted by atomic mass is 9.91. The molecule has 1 rings (SSSR count). The van der Waals surface area contributed by atoms with Crippen LogP contribution in [-0.4, -0.2) is 31.8 Å². The normalized spacial score (nSPS) is 12.0. The smallest absolute Gasteiger partial charge is 0.194 e. The van der Waals surface area contributed by atoms with Gasteiger partial charge in [-0.25, -0.2) is 4.98 Å². The summed E-state index contributed by atoms with van der Waals surface area (Å²) in [5, 5.41) is 3.31.